The number of rotatable bonds is 1. The predicted octanol–water partition coefficient (Wildman–Crippen LogP) is 4.87. The second kappa shape index (κ2) is 6.42. The van der Waals surface area contributed by atoms with Crippen molar-refractivity contribution >= 4 is 17.2 Å². The van der Waals surface area contributed by atoms with E-state index in [0.717, 1.165) is 51.4 Å². The SMILES string of the molecule is CC12CCC3(Cl)C=C4CC(O)CCC4CC[C@]3(O)C1CC=C2c1ccncc1. The molecule has 4 aliphatic rings. The maximum atomic E-state index is 12.2. The highest BCUT2D eigenvalue weighted by atomic mass is 35.5. The lowest BCUT2D eigenvalue weighted by Gasteiger charge is -2.56. The molecule has 2 saturated carbocycles. The fourth-order valence-electron chi connectivity index (χ4n) is 6.77. The van der Waals surface area contributed by atoms with Crippen LogP contribution in [-0.4, -0.2) is 31.8 Å². The van der Waals surface area contributed by atoms with Crippen LogP contribution in [0.5, 0.6) is 0 Å². The standard InChI is InChI=1S/C24H30ClNO2/c1-22-10-11-23(25)15-18-14-19(27)3-2-16(18)6-9-24(23,28)21(22)5-4-20(22)17-7-12-26-13-8-17/h4,7-8,12-13,15-16,19,21,27-28H,2-3,5-6,9-11,14H2,1H3/t16?,19?,21?,22?,23?,24-/m0/s1. The molecule has 0 bridgehead atoms. The Kier molecular flexibility index (Phi) is 4.32. The van der Waals surface area contributed by atoms with Crippen LogP contribution in [0, 0.1) is 17.3 Å². The van der Waals surface area contributed by atoms with E-state index in [1.54, 1.807) is 0 Å². The summed E-state index contributed by atoms with van der Waals surface area (Å²) in [6.07, 6.45) is 14.9. The Morgan fingerprint density at radius 2 is 1.89 bits per heavy atom. The van der Waals surface area contributed by atoms with Crippen LogP contribution in [0.25, 0.3) is 5.57 Å². The van der Waals surface area contributed by atoms with E-state index in [1.165, 1.54) is 16.7 Å². The van der Waals surface area contributed by atoms with Crippen molar-refractivity contribution in [3.05, 3.63) is 47.8 Å². The van der Waals surface area contributed by atoms with Crippen molar-refractivity contribution in [1.29, 1.82) is 0 Å². The van der Waals surface area contributed by atoms with Gasteiger partial charge in [0.05, 0.1) is 16.6 Å². The van der Waals surface area contributed by atoms with Crippen molar-refractivity contribution in [3.8, 4) is 0 Å². The number of halogens is 1. The fraction of sp³-hybridized carbons (Fsp3) is 0.625. The van der Waals surface area contributed by atoms with Crippen LogP contribution in [-0.2, 0) is 0 Å². The number of hydrogen-bond donors (Lipinski definition) is 2. The Bertz CT molecular complexity index is 836. The molecule has 4 heteroatoms. The van der Waals surface area contributed by atoms with Gasteiger partial charge in [-0.25, -0.2) is 0 Å². The van der Waals surface area contributed by atoms with Crippen LogP contribution < -0.4 is 0 Å². The molecule has 3 nitrogen and oxygen atoms in total. The first-order chi connectivity index (χ1) is 13.4. The first kappa shape index (κ1) is 18.8. The highest BCUT2D eigenvalue weighted by Crippen LogP contribution is 2.65. The third-order valence-electron chi connectivity index (χ3n) is 8.37. The van der Waals surface area contributed by atoms with Crippen LogP contribution >= 0.6 is 11.6 Å². The fourth-order valence-corrected chi connectivity index (χ4v) is 7.23. The average Bonchev–Trinajstić information content (AvgIpc) is 2.98. The van der Waals surface area contributed by atoms with Crippen molar-refractivity contribution in [3.63, 3.8) is 0 Å². The molecule has 6 atom stereocenters. The zero-order valence-corrected chi connectivity index (χ0v) is 17.3. The summed E-state index contributed by atoms with van der Waals surface area (Å²) in [5.74, 6) is 0.588. The van der Waals surface area contributed by atoms with E-state index in [0.29, 0.717) is 5.92 Å². The Labute approximate surface area is 172 Å². The van der Waals surface area contributed by atoms with Gasteiger partial charge in [-0.2, -0.15) is 0 Å². The minimum atomic E-state index is -0.915. The minimum absolute atomic E-state index is 0.0674. The van der Waals surface area contributed by atoms with Crippen LogP contribution in [0.4, 0.5) is 0 Å². The molecule has 1 aromatic heterocycles. The van der Waals surface area contributed by atoms with Crippen LogP contribution in [0.2, 0.25) is 0 Å². The van der Waals surface area contributed by atoms with E-state index in [2.05, 4.69) is 36.2 Å². The van der Waals surface area contributed by atoms with E-state index in [-0.39, 0.29) is 17.4 Å². The molecular formula is C24H30ClNO2. The van der Waals surface area contributed by atoms with Crippen molar-refractivity contribution in [2.24, 2.45) is 17.3 Å². The van der Waals surface area contributed by atoms with E-state index in [9.17, 15) is 10.2 Å². The van der Waals surface area contributed by atoms with Gasteiger partial charge >= 0.3 is 0 Å². The molecule has 2 fully saturated rings. The van der Waals surface area contributed by atoms with E-state index >= 15 is 0 Å². The molecule has 0 amide bonds. The second-order valence-corrected chi connectivity index (χ2v) is 10.4. The Morgan fingerprint density at radius 3 is 2.68 bits per heavy atom. The first-order valence-corrected chi connectivity index (χ1v) is 11.2. The number of hydrogen-bond acceptors (Lipinski definition) is 3. The van der Waals surface area contributed by atoms with Gasteiger partial charge < -0.3 is 10.2 Å². The molecule has 5 unspecified atom stereocenters. The Hall–Kier alpha value is -1.16. The number of nitrogens with zero attached hydrogens (tertiary/aromatic N) is 1. The molecular weight excluding hydrogens is 370 g/mol. The largest absolute Gasteiger partial charge is 0.393 e. The van der Waals surface area contributed by atoms with Gasteiger partial charge in [-0.3, -0.25) is 4.98 Å². The van der Waals surface area contributed by atoms with Gasteiger partial charge in [0.1, 0.15) is 0 Å². The zero-order valence-electron chi connectivity index (χ0n) is 16.6. The third kappa shape index (κ3) is 2.59. The molecule has 1 heterocycles. The van der Waals surface area contributed by atoms with E-state index in [4.69, 9.17) is 11.6 Å². The van der Waals surface area contributed by atoms with Crippen molar-refractivity contribution in [1.82, 2.24) is 4.98 Å². The predicted molar refractivity (Wildman–Crippen MR) is 112 cm³/mol. The number of pyridine rings is 1. The van der Waals surface area contributed by atoms with Gasteiger partial charge in [-0.15, -0.1) is 11.6 Å². The van der Waals surface area contributed by atoms with Gasteiger partial charge in [0, 0.05) is 18.3 Å². The first-order valence-electron chi connectivity index (χ1n) is 10.8. The zero-order chi connectivity index (χ0) is 19.6. The average molecular weight is 400 g/mol. The molecule has 0 aliphatic heterocycles. The molecule has 2 N–H and O–H groups in total. The quantitative estimate of drug-likeness (QED) is 0.523. The van der Waals surface area contributed by atoms with Crippen molar-refractivity contribution < 1.29 is 10.2 Å². The Balaban J connectivity index is 1.53. The summed E-state index contributed by atoms with van der Waals surface area (Å²) in [7, 11) is 0. The van der Waals surface area contributed by atoms with Gasteiger partial charge in [0.15, 0.2) is 0 Å². The monoisotopic (exact) mass is 399 g/mol. The van der Waals surface area contributed by atoms with Crippen molar-refractivity contribution in [2.45, 2.75) is 74.9 Å². The van der Waals surface area contributed by atoms with Crippen LogP contribution in [0.1, 0.15) is 63.9 Å². The summed E-state index contributed by atoms with van der Waals surface area (Å²) in [4.78, 5) is 3.45. The normalized spacial score (nSPS) is 45.2. The molecule has 0 aromatic carbocycles. The third-order valence-corrected chi connectivity index (χ3v) is 9.00. The Morgan fingerprint density at radius 1 is 1.11 bits per heavy atom. The highest BCUT2D eigenvalue weighted by molar-refractivity contribution is 6.26. The number of alkyl halides is 1. The molecule has 0 spiro atoms. The molecule has 0 radical (unpaired) electrons. The number of aromatic nitrogens is 1. The summed E-state index contributed by atoms with van der Waals surface area (Å²) in [6.45, 7) is 2.32. The lowest BCUT2D eigenvalue weighted by Crippen LogP contribution is -2.61. The topological polar surface area (TPSA) is 53.4 Å². The number of allylic oxidation sites excluding steroid dienone is 2. The summed E-state index contributed by atoms with van der Waals surface area (Å²) < 4.78 is 0. The molecule has 150 valence electrons. The van der Waals surface area contributed by atoms with Crippen molar-refractivity contribution in [2.75, 3.05) is 0 Å². The smallest absolute Gasteiger partial charge is 0.0918 e. The number of aliphatic hydroxyl groups excluding tert-OH is 1. The maximum Gasteiger partial charge on any atom is 0.0918 e. The van der Waals surface area contributed by atoms with E-state index < -0.39 is 10.5 Å². The molecule has 1 aromatic rings. The summed E-state index contributed by atoms with van der Waals surface area (Å²) >= 11 is 7.27. The summed E-state index contributed by atoms with van der Waals surface area (Å²) in [5.41, 5.74) is 2.87. The number of aliphatic hydroxyl groups is 2. The van der Waals surface area contributed by atoms with Crippen LogP contribution in [0.3, 0.4) is 0 Å². The lowest BCUT2D eigenvalue weighted by molar-refractivity contribution is -0.106. The summed E-state index contributed by atoms with van der Waals surface area (Å²) in [5, 5.41) is 22.3. The minimum Gasteiger partial charge on any atom is -0.393 e. The van der Waals surface area contributed by atoms with E-state index in [1.807, 2.05) is 12.4 Å². The number of fused-ring (bicyclic) bond motifs is 4. The highest BCUT2D eigenvalue weighted by Gasteiger charge is 2.64. The van der Waals surface area contributed by atoms with Gasteiger partial charge in [0.25, 0.3) is 0 Å². The molecule has 4 aliphatic carbocycles. The molecule has 5 rings (SSSR count). The van der Waals surface area contributed by atoms with Gasteiger partial charge in [-0.05, 0) is 86.0 Å². The van der Waals surface area contributed by atoms with Gasteiger partial charge in [-0.1, -0.05) is 24.6 Å². The lowest BCUT2D eigenvalue weighted by atomic mass is 9.54. The molecule has 0 saturated heterocycles. The summed E-state index contributed by atoms with van der Waals surface area (Å²) in [6, 6.07) is 4.16. The molecule has 28 heavy (non-hydrogen) atoms. The van der Waals surface area contributed by atoms with Gasteiger partial charge in [0.2, 0.25) is 0 Å². The van der Waals surface area contributed by atoms with Crippen LogP contribution in [0.15, 0.2) is 42.3 Å². The maximum absolute atomic E-state index is 12.2. The second-order valence-electron chi connectivity index (χ2n) is 9.74.